The van der Waals surface area contributed by atoms with E-state index >= 15 is 0 Å². The molecule has 1 N–H and O–H groups in total. The summed E-state index contributed by atoms with van der Waals surface area (Å²) in [6.45, 7) is 10.9. The van der Waals surface area contributed by atoms with Crippen molar-refractivity contribution in [2.24, 2.45) is 5.92 Å². The van der Waals surface area contributed by atoms with E-state index in [0.717, 1.165) is 46.6 Å². The number of carbonyl (C=O) groups excluding carboxylic acids is 2. The Morgan fingerprint density at radius 1 is 1.07 bits per heavy atom. The van der Waals surface area contributed by atoms with E-state index in [1.165, 1.54) is 0 Å². The van der Waals surface area contributed by atoms with Gasteiger partial charge in [0, 0.05) is 62.9 Å². The molecule has 6 rings (SSSR count). The molecule has 2 saturated heterocycles. The quantitative estimate of drug-likeness (QED) is 0.489. The minimum atomic E-state index is -0.500. The molecule has 2 aliphatic heterocycles. The Morgan fingerprint density at radius 3 is 2.48 bits per heavy atom. The third-order valence-electron chi connectivity index (χ3n) is 7.90. The highest BCUT2D eigenvalue weighted by Crippen LogP contribution is 2.41. The number of aromatic nitrogens is 3. The van der Waals surface area contributed by atoms with Crippen LogP contribution in [0.4, 0.5) is 10.6 Å². The molecule has 0 radical (unpaired) electrons. The van der Waals surface area contributed by atoms with Gasteiger partial charge < -0.3 is 29.2 Å². The zero-order valence-corrected chi connectivity index (χ0v) is 23.7. The van der Waals surface area contributed by atoms with E-state index in [-0.39, 0.29) is 24.0 Å². The second-order valence-electron chi connectivity index (χ2n) is 12.2. The van der Waals surface area contributed by atoms with Crippen LogP contribution >= 0.6 is 0 Å². The molecule has 10 nitrogen and oxygen atoms in total. The summed E-state index contributed by atoms with van der Waals surface area (Å²) in [5, 5.41) is 2.92. The van der Waals surface area contributed by atoms with Gasteiger partial charge in [-0.3, -0.25) is 4.79 Å². The average molecular weight is 547 g/mol. The molecular formula is C30H38N6O4. The summed E-state index contributed by atoms with van der Waals surface area (Å²) in [7, 11) is 0. The Hall–Kier alpha value is -3.82. The van der Waals surface area contributed by atoms with Crippen molar-refractivity contribution >= 4 is 28.9 Å². The molecule has 0 spiro atoms. The number of pyridine rings is 1. The van der Waals surface area contributed by atoms with Gasteiger partial charge in [-0.1, -0.05) is 0 Å². The van der Waals surface area contributed by atoms with Crippen molar-refractivity contribution in [1.29, 1.82) is 0 Å². The third-order valence-corrected chi connectivity index (χ3v) is 7.90. The van der Waals surface area contributed by atoms with Gasteiger partial charge in [-0.2, -0.15) is 0 Å². The van der Waals surface area contributed by atoms with Gasteiger partial charge in [0.05, 0.1) is 11.8 Å². The first-order valence-electron chi connectivity index (χ1n) is 14.3. The molecule has 10 heteroatoms. The molecule has 1 saturated carbocycles. The fourth-order valence-corrected chi connectivity index (χ4v) is 5.46. The van der Waals surface area contributed by atoms with E-state index in [0.29, 0.717) is 45.2 Å². The lowest BCUT2D eigenvalue weighted by Gasteiger charge is -2.36. The average Bonchev–Trinajstić information content (AvgIpc) is 3.52. The summed E-state index contributed by atoms with van der Waals surface area (Å²) in [6.07, 6.45) is 6.23. The molecule has 2 aromatic heterocycles. The molecule has 4 heterocycles. The second kappa shape index (κ2) is 10.3. The molecule has 1 aliphatic carbocycles. The number of amides is 2. The molecular weight excluding hydrogens is 508 g/mol. The largest absolute Gasteiger partial charge is 0.488 e. The molecule has 1 aromatic carbocycles. The number of benzene rings is 1. The number of ether oxygens (including phenoxy) is 2. The van der Waals surface area contributed by atoms with Gasteiger partial charge in [-0.05, 0) is 70.4 Å². The first-order chi connectivity index (χ1) is 19.1. The van der Waals surface area contributed by atoms with Gasteiger partial charge in [0.25, 0.3) is 0 Å². The zero-order chi connectivity index (χ0) is 28.0. The van der Waals surface area contributed by atoms with Gasteiger partial charge in [0.2, 0.25) is 5.91 Å². The second-order valence-corrected chi connectivity index (χ2v) is 12.2. The molecule has 2 atom stereocenters. The zero-order valence-electron chi connectivity index (χ0n) is 23.7. The van der Waals surface area contributed by atoms with Crippen molar-refractivity contribution in [1.82, 2.24) is 24.8 Å². The number of nitrogens with one attached hydrogen (secondary N) is 1. The monoisotopic (exact) mass is 546 g/mol. The van der Waals surface area contributed by atoms with Crippen molar-refractivity contribution in [3.05, 3.63) is 36.8 Å². The Labute approximate surface area is 234 Å². The summed E-state index contributed by atoms with van der Waals surface area (Å²) >= 11 is 0. The number of imidazole rings is 1. The van der Waals surface area contributed by atoms with Gasteiger partial charge >= 0.3 is 6.09 Å². The van der Waals surface area contributed by atoms with Crippen LogP contribution in [-0.4, -0.2) is 75.9 Å². The summed E-state index contributed by atoms with van der Waals surface area (Å²) in [4.78, 5) is 37.7. The van der Waals surface area contributed by atoms with E-state index in [9.17, 15) is 9.59 Å². The normalized spacial score (nSPS) is 20.5. The fraction of sp³-hybridized carbons (Fsp3) is 0.533. The smallest absolute Gasteiger partial charge is 0.410 e. The lowest BCUT2D eigenvalue weighted by atomic mass is 10.0. The van der Waals surface area contributed by atoms with Gasteiger partial charge in [-0.25, -0.2) is 14.8 Å². The molecule has 40 heavy (non-hydrogen) atoms. The van der Waals surface area contributed by atoms with Gasteiger partial charge in [0.1, 0.15) is 28.8 Å². The maximum Gasteiger partial charge on any atom is 0.410 e. The lowest BCUT2D eigenvalue weighted by Crippen LogP contribution is -2.50. The molecule has 3 fully saturated rings. The molecule has 0 bridgehead atoms. The minimum absolute atomic E-state index is 0.0831. The highest BCUT2D eigenvalue weighted by Gasteiger charge is 2.31. The van der Waals surface area contributed by atoms with Crippen molar-refractivity contribution < 1.29 is 19.1 Å². The summed E-state index contributed by atoms with van der Waals surface area (Å²) < 4.78 is 14.3. The summed E-state index contributed by atoms with van der Waals surface area (Å²) in [6, 6.07) is 8.77. The molecule has 0 unspecified atom stereocenters. The first-order valence-corrected chi connectivity index (χ1v) is 14.3. The number of fused-ring (bicyclic) bond motifs is 1. The van der Waals surface area contributed by atoms with E-state index in [2.05, 4.69) is 33.0 Å². The molecule has 3 aromatic rings. The van der Waals surface area contributed by atoms with Gasteiger partial charge in [0.15, 0.2) is 0 Å². The van der Waals surface area contributed by atoms with Crippen LogP contribution in [0.25, 0.3) is 22.2 Å². The summed E-state index contributed by atoms with van der Waals surface area (Å²) in [5.41, 5.74) is 3.39. The third kappa shape index (κ3) is 5.57. The number of anilines is 1. The van der Waals surface area contributed by atoms with E-state index in [1.807, 2.05) is 46.3 Å². The van der Waals surface area contributed by atoms with Gasteiger partial charge in [-0.15, -0.1) is 0 Å². The maximum atomic E-state index is 12.4. The van der Waals surface area contributed by atoms with Crippen LogP contribution in [0.15, 0.2) is 36.8 Å². The first kappa shape index (κ1) is 26.4. The van der Waals surface area contributed by atoms with E-state index in [1.54, 1.807) is 4.90 Å². The number of carbonyl (C=O) groups is 2. The van der Waals surface area contributed by atoms with Crippen molar-refractivity contribution in [3.63, 3.8) is 0 Å². The van der Waals surface area contributed by atoms with Crippen LogP contribution in [0.5, 0.6) is 5.75 Å². The predicted octanol–water partition coefficient (Wildman–Crippen LogP) is 4.39. The molecule has 3 aliphatic rings. The van der Waals surface area contributed by atoms with Crippen LogP contribution in [0.3, 0.4) is 0 Å². The van der Waals surface area contributed by atoms with Crippen LogP contribution in [0.1, 0.15) is 53.0 Å². The van der Waals surface area contributed by atoms with E-state index < -0.39 is 5.60 Å². The highest BCUT2D eigenvalue weighted by atomic mass is 16.6. The molecule has 2 amide bonds. The predicted molar refractivity (Wildman–Crippen MR) is 152 cm³/mol. The minimum Gasteiger partial charge on any atom is -0.488 e. The van der Waals surface area contributed by atoms with Crippen molar-refractivity contribution in [3.8, 4) is 16.9 Å². The number of hydrogen-bond acceptors (Lipinski definition) is 7. The van der Waals surface area contributed by atoms with Crippen LogP contribution < -0.4 is 15.0 Å². The summed E-state index contributed by atoms with van der Waals surface area (Å²) in [5.74, 6) is 1.90. The Balaban J connectivity index is 1.20. The maximum absolute atomic E-state index is 12.4. The number of nitrogens with zero attached hydrogens (tertiary/aromatic N) is 5. The van der Waals surface area contributed by atoms with Crippen molar-refractivity contribution in [2.75, 3.05) is 37.6 Å². The molecule has 212 valence electrons. The topological polar surface area (TPSA) is 102 Å². The Morgan fingerprint density at radius 2 is 1.85 bits per heavy atom. The van der Waals surface area contributed by atoms with Crippen LogP contribution in [0.2, 0.25) is 0 Å². The van der Waals surface area contributed by atoms with Crippen LogP contribution in [0, 0.1) is 5.92 Å². The number of hydrogen-bond donors (Lipinski definition) is 1. The standard InChI is InChI=1S/C30H38N6O4/c1-19(22-15-27(37)32-17-22)39-25-14-21(13-24-28(25)36(18-33-24)23-6-7-23)20-5-8-26(31-16-20)34-9-11-35(12-10-34)29(38)40-30(2,3)4/h5,8,13-14,16,18-19,22-23H,6-7,9-12,15,17H2,1-4H3,(H,32,37)/t19-,22-/m1/s1. The number of piperazine rings is 1. The Bertz CT molecular complexity index is 1400. The van der Waals surface area contributed by atoms with Crippen molar-refractivity contribution in [2.45, 2.75) is 64.7 Å². The lowest BCUT2D eigenvalue weighted by molar-refractivity contribution is -0.119. The van der Waals surface area contributed by atoms with Crippen LogP contribution in [-0.2, 0) is 9.53 Å². The fourth-order valence-electron chi connectivity index (χ4n) is 5.46. The SMILES string of the molecule is C[C@@H](Oc1cc(-c2ccc(N3CCN(C(=O)OC(C)(C)C)CC3)nc2)cc2ncn(C3CC3)c12)[C@H]1CNC(=O)C1. The highest BCUT2D eigenvalue weighted by molar-refractivity contribution is 5.88. The number of rotatable bonds is 6. The van der Waals surface area contributed by atoms with E-state index in [4.69, 9.17) is 19.4 Å². The Kier molecular flexibility index (Phi) is 6.80.